The molecule has 0 aliphatic carbocycles. The van der Waals surface area contributed by atoms with Gasteiger partial charge in [-0.2, -0.15) is 0 Å². The maximum absolute atomic E-state index is 12.7. The molecule has 2 aromatic carbocycles. The lowest BCUT2D eigenvalue weighted by Gasteiger charge is -2.07. The molecule has 110 valence electrons. The maximum atomic E-state index is 12.7. The van der Waals surface area contributed by atoms with Crippen LogP contribution in [0.15, 0.2) is 53.0 Å². The Bertz CT molecular complexity index is 601. The normalized spacial score (nSPS) is 10.2. The molecule has 3 nitrogen and oxygen atoms in total. The molecule has 1 N–H and O–H groups in total. The van der Waals surface area contributed by atoms with Crippen LogP contribution in [0.1, 0.15) is 12.0 Å². The Labute approximate surface area is 131 Å². The number of hydrogen-bond donors (Lipinski definition) is 1. The van der Waals surface area contributed by atoms with Crippen molar-refractivity contribution in [3.63, 3.8) is 0 Å². The van der Waals surface area contributed by atoms with E-state index in [1.54, 1.807) is 0 Å². The van der Waals surface area contributed by atoms with Gasteiger partial charge in [-0.25, -0.2) is 4.39 Å². The summed E-state index contributed by atoms with van der Waals surface area (Å²) in [6, 6.07) is 13.5. The van der Waals surface area contributed by atoms with Crippen LogP contribution in [0.3, 0.4) is 0 Å². The number of nitrogens with one attached hydrogen (secondary N) is 1. The van der Waals surface area contributed by atoms with E-state index in [0.29, 0.717) is 12.3 Å². The second-order valence-electron chi connectivity index (χ2n) is 4.46. The summed E-state index contributed by atoms with van der Waals surface area (Å²) >= 11 is 3.38. The Hall–Kier alpha value is -1.88. The summed E-state index contributed by atoms with van der Waals surface area (Å²) in [5.41, 5.74) is 1.03. The number of amides is 1. The lowest BCUT2D eigenvalue weighted by molar-refractivity contribution is -0.121. The van der Waals surface area contributed by atoms with Gasteiger partial charge in [0.1, 0.15) is 11.6 Å². The van der Waals surface area contributed by atoms with Crippen LogP contribution in [0.2, 0.25) is 0 Å². The lowest BCUT2D eigenvalue weighted by atomic mass is 10.2. The molecule has 0 unspecified atom stereocenters. The molecule has 5 heteroatoms. The summed E-state index contributed by atoms with van der Waals surface area (Å²) < 4.78 is 19.1. The van der Waals surface area contributed by atoms with Gasteiger partial charge in [0.05, 0.1) is 13.0 Å². The highest BCUT2D eigenvalue weighted by Gasteiger charge is 2.03. The minimum atomic E-state index is -0.311. The van der Waals surface area contributed by atoms with Crippen LogP contribution in [0.5, 0.6) is 5.75 Å². The molecule has 0 aliphatic rings. The predicted octanol–water partition coefficient (Wildman–Crippen LogP) is 3.67. The molecule has 2 rings (SSSR count). The first-order valence-corrected chi connectivity index (χ1v) is 7.32. The van der Waals surface area contributed by atoms with Crippen molar-refractivity contribution >= 4 is 21.8 Å². The van der Waals surface area contributed by atoms with Gasteiger partial charge >= 0.3 is 0 Å². The van der Waals surface area contributed by atoms with Crippen molar-refractivity contribution in [1.29, 1.82) is 0 Å². The largest absolute Gasteiger partial charge is 0.493 e. The molecular weight excluding hydrogens is 337 g/mol. The second kappa shape index (κ2) is 7.78. The minimum Gasteiger partial charge on any atom is -0.493 e. The Morgan fingerprint density at radius 3 is 2.67 bits per heavy atom. The van der Waals surface area contributed by atoms with Crippen molar-refractivity contribution in [2.24, 2.45) is 0 Å². The number of carbonyl (C=O) groups excluding carboxylic acids is 1. The summed E-state index contributed by atoms with van der Waals surface area (Å²) in [4.78, 5) is 11.7. The van der Waals surface area contributed by atoms with Crippen LogP contribution in [-0.4, -0.2) is 12.5 Å². The monoisotopic (exact) mass is 351 g/mol. The molecule has 1 amide bonds. The summed E-state index contributed by atoms with van der Waals surface area (Å²) in [7, 11) is 0. The van der Waals surface area contributed by atoms with Crippen molar-refractivity contribution in [3.8, 4) is 5.75 Å². The van der Waals surface area contributed by atoms with E-state index < -0.39 is 0 Å². The third-order valence-corrected chi connectivity index (χ3v) is 3.28. The topological polar surface area (TPSA) is 38.3 Å². The molecule has 0 spiro atoms. The van der Waals surface area contributed by atoms with Gasteiger partial charge in [0, 0.05) is 11.0 Å². The Kier molecular flexibility index (Phi) is 5.75. The maximum Gasteiger partial charge on any atom is 0.223 e. The predicted molar refractivity (Wildman–Crippen MR) is 82.5 cm³/mol. The fourth-order valence-corrected chi connectivity index (χ4v) is 2.18. The van der Waals surface area contributed by atoms with Gasteiger partial charge in [-0.15, -0.1) is 0 Å². The van der Waals surface area contributed by atoms with E-state index in [2.05, 4.69) is 21.2 Å². The fraction of sp³-hybridized carbons (Fsp3) is 0.188. The van der Waals surface area contributed by atoms with Gasteiger partial charge in [-0.1, -0.05) is 28.1 Å². The van der Waals surface area contributed by atoms with Gasteiger partial charge in [-0.05, 0) is 42.0 Å². The lowest BCUT2D eigenvalue weighted by Crippen LogP contribution is -2.24. The number of rotatable bonds is 6. The van der Waals surface area contributed by atoms with Gasteiger partial charge < -0.3 is 10.1 Å². The third kappa shape index (κ3) is 5.55. The molecule has 0 aromatic heterocycles. The molecule has 0 saturated heterocycles. The average molecular weight is 352 g/mol. The number of halogens is 2. The SMILES string of the molecule is O=C(CCOc1ccc(F)cc1)NCc1cccc(Br)c1. The highest BCUT2D eigenvalue weighted by atomic mass is 79.9. The summed E-state index contributed by atoms with van der Waals surface area (Å²) in [5.74, 6) is 0.155. The summed E-state index contributed by atoms with van der Waals surface area (Å²) in [5, 5.41) is 2.82. The number of benzene rings is 2. The number of carbonyl (C=O) groups is 1. The van der Waals surface area contributed by atoms with E-state index in [1.165, 1.54) is 24.3 Å². The molecule has 0 heterocycles. The van der Waals surface area contributed by atoms with E-state index in [4.69, 9.17) is 4.74 Å². The van der Waals surface area contributed by atoms with Crippen LogP contribution in [0, 0.1) is 5.82 Å². The Morgan fingerprint density at radius 1 is 1.19 bits per heavy atom. The quantitative estimate of drug-likeness (QED) is 0.862. The van der Waals surface area contributed by atoms with Crippen molar-refractivity contribution in [2.45, 2.75) is 13.0 Å². The van der Waals surface area contributed by atoms with Crippen LogP contribution in [-0.2, 0) is 11.3 Å². The van der Waals surface area contributed by atoms with E-state index >= 15 is 0 Å². The average Bonchev–Trinajstić information content (AvgIpc) is 2.47. The zero-order valence-electron chi connectivity index (χ0n) is 11.3. The van der Waals surface area contributed by atoms with Crippen LogP contribution < -0.4 is 10.1 Å². The van der Waals surface area contributed by atoms with Gasteiger partial charge in [0.2, 0.25) is 5.91 Å². The zero-order valence-corrected chi connectivity index (χ0v) is 12.9. The molecule has 0 fully saturated rings. The summed E-state index contributed by atoms with van der Waals surface area (Å²) in [6.07, 6.45) is 0.255. The third-order valence-electron chi connectivity index (χ3n) is 2.79. The van der Waals surface area contributed by atoms with E-state index in [-0.39, 0.29) is 24.8 Å². The fourth-order valence-electron chi connectivity index (χ4n) is 1.73. The van der Waals surface area contributed by atoms with E-state index in [1.807, 2.05) is 24.3 Å². The number of hydrogen-bond acceptors (Lipinski definition) is 2. The Balaban J connectivity index is 1.69. The highest BCUT2D eigenvalue weighted by molar-refractivity contribution is 9.10. The number of ether oxygens (including phenoxy) is 1. The molecular formula is C16H15BrFNO2. The van der Waals surface area contributed by atoms with E-state index in [9.17, 15) is 9.18 Å². The van der Waals surface area contributed by atoms with Crippen LogP contribution in [0.25, 0.3) is 0 Å². The second-order valence-corrected chi connectivity index (χ2v) is 5.37. The zero-order chi connectivity index (χ0) is 15.1. The summed E-state index contributed by atoms with van der Waals surface area (Å²) in [6.45, 7) is 0.741. The molecule has 0 saturated carbocycles. The molecule has 21 heavy (non-hydrogen) atoms. The molecule has 0 bridgehead atoms. The van der Waals surface area contributed by atoms with Crippen LogP contribution in [0.4, 0.5) is 4.39 Å². The molecule has 0 atom stereocenters. The smallest absolute Gasteiger partial charge is 0.223 e. The highest BCUT2D eigenvalue weighted by Crippen LogP contribution is 2.12. The van der Waals surface area contributed by atoms with Crippen molar-refractivity contribution in [1.82, 2.24) is 5.32 Å². The first kappa shape index (κ1) is 15.5. The van der Waals surface area contributed by atoms with Gasteiger partial charge in [-0.3, -0.25) is 4.79 Å². The standard InChI is InChI=1S/C16H15BrFNO2/c17-13-3-1-2-12(10-13)11-19-16(20)8-9-21-15-6-4-14(18)5-7-15/h1-7,10H,8-9,11H2,(H,19,20). The molecule has 0 radical (unpaired) electrons. The first-order valence-electron chi connectivity index (χ1n) is 6.53. The minimum absolute atomic E-state index is 0.0860. The Morgan fingerprint density at radius 2 is 1.95 bits per heavy atom. The first-order chi connectivity index (χ1) is 10.1. The van der Waals surface area contributed by atoms with E-state index in [0.717, 1.165) is 10.0 Å². The van der Waals surface area contributed by atoms with Crippen LogP contribution >= 0.6 is 15.9 Å². The molecule has 0 aliphatic heterocycles. The van der Waals surface area contributed by atoms with Gasteiger partial charge in [0.15, 0.2) is 0 Å². The van der Waals surface area contributed by atoms with Gasteiger partial charge in [0.25, 0.3) is 0 Å². The van der Waals surface area contributed by atoms with Crippen molar-refractivity contribution in [2.75, 3.05) is 6.61 Å². The molecule has 2 aromatic rings. The van der Waals surface area contributed by atoms with Crippen molar-refractivity contribution < 1.29 is 13.9 Å². The van der Waals surface area contributed by atoms with Crippen molar-refractivity contribution in [3.05, 3.63) is 64.4 Å².